The maximum atomic E-state index is 5.30. The van der Waals surface area contributed by atoms with Gasteiger partial charge in [-0.3, -0.25) is 4.99 Å². The van der Waals surface area contributed by atoms with Crippen LogP contribution in [0.15, 0.2) is 27.0 Å². The van der Waals surface area contributed by atoms with Crippen LogP contribution in [-0.4, -0.2) is 48.3 Å². The lowest BCUT2D eigenvalue weighted by Gasteiger charge is -2.33. The Bertz CT molecular complexity index is 725. The predicted molar refractivity (Wildman–Crippen MR) is 131 cm³/mol. The van der Waals surface area contributed by atoms with Gasteiger partial charge in [-0.1, -0.05) is 19.0 Å². The highest BCUT2D eigenvalue weighted by atomic mass is 127. The number of hydrogen-bond acceptors (Lipinski definition) is 6. The predicted octanol–water partition coefficient (Wildman–Crippen LogP) is 4.03. The van der Waals surface area contributed by atoms with E-state index >= 15 is 0 Å². The van der Waals surface area contributed by atoms with Gasteiger partial charge in [-0.05, 0) is 43.7 Å². The second-order valence-corrected chi connectivity index (χ2v) is 8.35. The van der Waals surface area contributed by atoms with Crippen molar-refractivity contribution in [2.75, 3.05) is 31.1 Å². The number of aromatic nitrogens is 2. The summed E-state index contributed by atoms with van der Waals surface area (Å²) in [6.45, 7) is 10.0. The molecule has 162 valence electrons. The molecule has 1 aliphatic heterocycles. The van der Waals surface area contributed by atoms with Gasteiger partial charge in [0.1, 0.15) is 0 Å². The van der Waals surface area contributed by atoms with E-state index in [1.807, 2.05) is 11.3 Å². The van der Waals surface area contributed by atoms with Crippen LogP contribution in [0.1, 0.15) is 57.7 Å². The fraction of sp³-hybridized carbons (Fsp3) is 0.650. The fourth-order valence-electron chi connectivity index (χ4n) is 3.23. The van der Waals surface area contributed by atoms with E-state index in [2.05, 4.69) is 64.0 Å². The number of guanidine groups is 1. The molecule has 2 N–H and O–H groups in total. The van der Waals surface area contributed by atoms with Gasteiger partial charge in [-0.25, -0.2) is 0 Å². The molecule has 0 saturated carbocycles. The van der Waals surface area contributed by atoms with Crippen molar-refractivity contribution in [1.82, 2.24) is 20.8 Å². The number of rotatable bonds is 8. The Kier molecular flexibility index (Phi) is 10.2. The van der Waals surface area contributed by atoms with Gasteiger partial charge in [-0.15, -0.1) is 35.3 Å². The van der Waals surface area contributed by atoms with Crippen molar-refractivity contribution < 1.29 is 4.52 Å². The molecule has 7 nitrogen and oxygen atoms in total. The zero-order valence-electron chi connectivity index (χ0n) is 17.6. The number of thiophene rings is 1. The highest BCUT2D eigenvalue weighted by Gasteiger charge is 2.20. The van der Waals surface area contributed by atoms with E-state index in [4.69, 9.17) is 9.52 Å². The Morgan fingerprint density at radius 2 is 2.17 bits per heavy atom. The zero-order valence-corrected chi connectivity index (χ0v) is 20.7. The van der Waals surface area contributed by atoms with Crippen molar-refractivity contribution >= 4 is 46.3 Å². The molecule has 0 spiro atoms. The van der Waals surface area contributed by atoms with E-state index in [0.717, 1.165) is 63.6 Å². The van der Waals surface area contributed by atoms with Gasteiger partial charge in [0.05, 0.1) is 5.00 Å². The summed E-state index contributed by atoms with van der Waals surface area (Å²) in [7, 11) is 0. The SMILES string of the molecule is CCNC(=NCCCc1nc(C(C)C)no1)NC1CCN(c2cccs2)CC1.I. The van der Waals surface area contributed by atoms with Crippen LogP contribution in [0.4, 0.5) is 5.00 Å². The molecule has 2 aromatic heterocycles. The van der Waals surface area contributed by atoms with Crippen LogP contribution < -0.4 is 15.5 Å². The van der Waals surface area contributed by atoms with Crippen LogP contribution in [-0.2, 0) is 6.42 Å². The van der Waals surface area contributed by atoms with Gasteiger partial charge >= 0.3 is 0 Å². The van der Waals surface area contributed by atoms with E-state index in [0.29, 0.717) is 17.9 Å². The minimum atomic E-state index is 0. The van der Waals surface area contributed by atoms with Crippen molar-refractivity contribution in [2.24, 2.45) is 4.99 Å². The van der Waals surface area contributed by atoms with Crippen molar-refractivity contribution in [1.29, 1.82) is 0 Å². The van der Waals surface area contributed by atoms with Gasteiger partial charge in [0, 0.05) is 44.6 Å². The molecule has 1 fully saturated rings. The normalized spacial score (nSPS) is 15.4. The van der Waals surface area contributed by atoms with Gasteiger partial charge < -0.3 is 20.1 Å². The molecule has 1 saturated heterocycles. The molecule has 0 bridgehead atoms. The first-order chi connectivity index (χ1) is 13.7. The molecular formula is C20H33IN6OS. The van der Waals surface area contributed by atoms with E-state index in [9.17, 15) is 0 Å². The smallest absolute Gasteiger partial charge is 0.226 e. The molecule has 0 unspecified atom stereocenters. The molecule has 2 aromatic rings. The lowest BCUT2D eigenvalue weighted by atomic mass is 10.1. The summed E-state index contributed by atoms with van der Waals surface area (Å²) in [6, 6.07) is 4.80. The van der Waals surface area contributed by atoms with Crippen LogP contribution in [0.3, 0.4) is 0 Å². The monoisotopic (exact) mass is 532 g/mol. The van der Waals surface area contributed by atoms with Gasteiger partial charge in [0.2, 0.25) is 5.89 Å². The van der Waals surface area contributed by atoms with Gasteiger partial charge in [0.15, 0.2) is 11.8 Å². The number of halogens is 1. The molecular weight excluding hydrogens is 499 g/mol. The minimum Gasteiger partial charge on any atom is -0.363 e. The third kappa shape index (κ3) is 7.44. The van der Waals surface area contributed by atoms with Crippen molar-refractivity contribution in [3.05, 3.63) is 29.2 Å². The summed E-state index contributed by atoms with van der Waals surface area (Å²) >= 11 is 1.82. The summed E-state index contributed by atoms with van der Waals surface area (Å²) in [5.74, 6) is 2.69. The number of piperidine rings is 1. The molecule has 9 heteroatoms. The average Bonchev–Trinajstić information content (AvgIpc) is 3.38. The standard InChI is InChI=1S/C20H32N6OS.HI/c1-4-21-20(22-11-5-7-17-24-19(15(2)3)25-27-17)23-16-9-12-26(13-10-16)18-8-6-14-28-18;/h6,8,14-16H,4-5,7,9-13H2,1-3H3,(H2,21,22,23);1H. The van der Waals surface area contributed by atoms with Gasteiger partial charge in [-0.2, -0.15) is 4.98 Å². The largest absolute Gasteiger partial charge is 0.363 e. The third-order valence-electron chi connectivity index (χ3n) is 4.82. The molecule has 1 aliphatic rings. The first-order valence-electron chi connectivity index (χ1n) is 10.3. The molecule has 0 atom stereocenters. The van der Waals surface area contributed by atoms with Crippen LogP contribution in [0.25, 0.3) is 0 Å². The molecule has 0 radical (unpaired) electrons. The number of nitrogens with one attached hydrogen (secondary N) is 2. The quantitative estimate of drug-likeness (QED) is 0.232. The molecule has 3 rings (SSSR count). The zero-order chi connectivity index (χ0) is 19.8. The van der Waals surface area contributed by atoms with Crippen molar-refractivity contribution in [3.8, 4) is 0 Å². The Balaban J connectivity index is 0.00000300. The molecule has 0 aliphatic carbocycles. The van der Waals surface area contributed by atoms with Crippen LogP contribution >= 0.6 is 35.3 Å². The summed E-state index contributed by atoms with van der Waals surface area (Å²) < 4.78 is 5.30. The number of hydrogen-bond donors (Lipinski definition) is 2. The average molecular weight is 532 g/mol. The van der Waals surface area contributed by atoms with Crippen molar-refractivity contribution in [2.45, 2.75) is 58.4 Å². The second kappa shape index (κ2) is 12.4. The number of anilines is 1. The Hall–Kier alpha value is -1.36. The van der Waals surface area contributed by atoms with Crippen molar-refractivity contribution in [3.63, 3.8) is 0 Å². The Morgan fingerprint density at radius 1 is 1.38 bits per heavy atom. The summed E-state index contributed by atoms with van der Waals surface area (Å²) in [5, 5.41) is 14.5. The van der Waals surface area contributed by atoms with E-state index < -0.39 is 0 Å². The minimum absolute atomic E-state index is 0. The first kappa shape index (κ1) is 23.9. The maximum absolute atomic E-state index is 5.30. The topological polar surface area (TPSA) is 78.6 Å². The van der Waals surface area contributed by atoms with Gasteiger partial charge in [0.25, 0.3) is 0 Å². The van der Waals surface area contributed by atoms with Crippen LogP contribution in [0.5, 0.6) is 0 Å². The molecule has 0 amide bonds. The van der Waals surface area contributed by atoms with Crippen LogP contribution in [0, 0.1) is 0 Å². The summed E-state index contributed by atoms with van der Waals surface area (Å²) in [4.78, 5) is 11.6. The van der Waals surface area contributed by atoms with Crippen LogP contribution in [0.2, 0.25) is 0 Å². The maximum Gasteiger partial charge on any atom is 0.226 e. The highest BCUT2D eigenvalue weighted by molar-refractivity contribution is 14.0. The molecule has 0 aromatic carbocycles. The number of aryl methyl sites for hydroxylation is 1. The van der Waals surface area contributed by atoms with E-state index in [1.54, 1.807) is 0 Å². The summed E-state index contributed by atoms with van der Waals surface area (Å²) in [6.07, 6.45) is 3.92. The fourth-order valence-corrected chi connectivity index (χ4v) is 4.02. The molecule has 29 heavy (non-hydrogen) atoms. The lowest BCUT2D eigenvalue weighted by molar-refractivity contribution is 0.369. The summed E-state index contributed by atoms with van der Waals surface area (Å²) in [5.41, 5.74) is 0. The Morgan fingerprint density at radius 3 is 2.79 bits per heavy atom. The van der Waals surface area contributed by atoms with E-state index in [-0.39, 0.29) is 24.0 Å². The highest BCUT2D eigenvalue weighted by Crippen LogP contribution is 2.24. The third-order valence-corrected chi connectivity index (χ3v) is 5.75. The number of nitrogens with zero attached hydrogens (tertiary/aromatic N) is 4. The lowest BCUT2D eigenvalue weighted by Crippen LogP contribution is -2.48. The number of aliphatic imine (C=N–C) groups is 1. The first-order valence-corrected chi connectivity index (χ1v) is 11.2. The van der Waals surface area contributed by atoms with E-state index in [1.165, 1.54) is 5.00 Å². The second-order valence-electron chi connectivity index (χ2n) is 7.42. The Labute approximate surface area is 194 Å². The molecule has 3 heterocycles.